The summed E-state index contributed by atoms with van der Waals surface area (Å²) in [6.45, 7) is 0.275. The zero-order valence-electron chi connectivity index (χ0n) is 13.8. The van der Waals surface area contributed by atoms with E-state index in [4.69, 9.17) is 5.11 Å². The number of urea groups is 1. The number of aliphatic carboxylic acids is 1. The highest BCUT2D eigenvalue weighted by atomic mass is 16.4. The zero-order chi connectivity index (χ0) is 18.1. The number of hydrogen-bond acceptors (Lipinski definition) is 3. The molecule has 0 saturated heterocycles. The van der Waals surface area contributed by atoms with Crippen LogP contribution in [0.15, 0.2) is 54.6 Å². The molecule has 0 fully saturated rings. The normalized spacial score (nSPS) is 11.5. The highest BCUT2D eigenvalue weighted by Crippen LogP contribution is 2.11. The number of aromatic hydroxyl groups is 1. The monoisotopic (exact) mass is 342 g/mol. The number of carboxylic acids is 1. The van der Waals surface area contributed by atoms with Gasteiger partial charge in [-0.25, -0.2) is 4.79 Å². The van der Waals surface area contributed by atoms with E-state index in [1.165, 1.54) is 0 Å². The molecule has 0 aliphatic carbocycles. The van der Waals surface area contributed by atoms with Crippen molar-refractivity contribution >= 4 is 12.0 Å². The van der Waals surface area contributed by atoms with Gasteiger partial charge in [-0.15, -0.1) is 0 Å². The molecule has 0 heterocycles. The average molecular weight is 342 g/mol. The Labute approximate surface area is 146 Å². The zero-order valence-corrected chi connectivity index (χ0v) is 13.8. The first-order valence-electron chi connectivity index (χ1n) is 8.11. The van der Waals surface area contributed by atoms with Crippen molar-refractivity contribution in [2.24, 2.45) is 0 Å². The first kappa shape index (κ1) is 18.3. The average Bonchev–Trinajstić information content (AvgIpc) is 2.59. The SMILES string of the molecule is O=C(O)CCC(Cc1ccccc1)NC(=O)NCc1cccc(O)c1. The summed E-state index contributed by atoms with van der Waals surface area (Å²) in [4.78, 5) is 22.9. The number of carbonyl (C=O) groups is 2. The van der Waals surface area contributed by atoms with Gasteiger partial charge < -0.3 is 20.8 Å². The standard InChI is InChI=1S/C19H22N2O4/c22-17-8-4-7-15(12-17)13-20-19(25)21-16(9-10-18(23)24)11-14-5-2-1-3-6-14/h1-8,12,16,22H,9-11,13H2,(H,23,24)(H2,20,21,25). The Bertz CT molecular complexity index is 704. The molecule has 0 aliphatic heterocycles. The number of amides is 2. The number of phenolic OH excluding ortho intramolecular Hbond substituents is 1. The molecule has 0 aromatic heterocycles. The highest BCUT2D eigenvalue weighted by molar-refractivity contribution is 5.74. The number of rotatable bonds is 8. The van der Waals surface area contributed by atoms with Crippen molar-refractivity contribution in [3.63, 3.8) is 0 Å². The number of hydrogen-bond donors (Lipinski definition) is 4. The predicted octanol–water partition coefficient (Wildman–Crippen LogP) is 2.67. The number of phenols is 1. The van der Waals surface area contributed by atoms with Crippen LogP contribution in [0.25, 0.3) is 0 Å². The molecule has 0 radical (unpaired) electrons. The molecule has 6 nitrogen and oxygen atoms in total. The lowest BCUT2D eigenvalue weighted by molar-refractivity contribution is -0.137. The minimum atomic E-state index is -0.889. The molecule has 4 N–H and O–H groups in total. The summed E-state index contributed by atoms with van der Waals surface area (Å²) in [7, 11) is 0. The Morgan fingerprint density at radius 1 is 1.00 bits per heavy atom. The fourth-order valence-electron chi connectivity index (χ4n) is 2.51. The summed E-state index contributed by atoms with van der Waals surface area (Å²) in [5, 5.41) is 23.9. The fourth-order valence-corrected chi connectivity index (χ4v) is 2.51. The fraction of sp³-hybridized carbons (Fsp3) is 0.263. The third-order valence-electron chi connectivity index (χ3n) is 3.73. The summed E-state index contributed by atoms with van der Waals surface area (Å²) in [5.74, 6) is -0.747. The van der Waals surface area contributed by atoms with Gasteiger partial charge in [0, 0.05) is 19.0 Å². The lowest BCUT2D eigenvalue weighted by Crippen LogP contribution is -2.43. The van der Waals surface area contributed by atoms with Gasteiger partial charge in [-0.05, 0) is 36.1 Å². The van der Waals surface area contributed by atoms with Gasteiger partial charge in [0.25, 0.3) is 0 Å². The summed E-state index contributed by atoms with van der Waals surface area (Å²) in [6.07, 6.45) is 0.905. The molecule has 2 aromatic rings. The molecule has 25 heavy (non-hydrogen) atoms. The second-order valence-corrected chi connectivity index (χ2v) is 5.82. The van der Waals surface area contributed by atoms with Crippen LogP contribution < -0.4 is 10.6 Å². The lowest BCUT2D eigenvalue weighted by atomic mass is 10.0. The van der Waals surface area contributed by atoms with E-state index in [9.17, 15) is 14.7 Å². The lowest BCUT2D eigenvalue weighted by Gasteiger charge is -2.19. The van der Waals surface area contributed by atoms with Crippen molar-refractivity contribution in [1.82, 2.24) is 10.6 Å². The van der Waals surface area contributed by atoms with Crippen LogP contribution in [0.2, 0.25) is 0 Å². The number of carboxylic acid groups (broad SMARTS) is 1. The molecule has 2 rings (SSSR count). The van der Waals surface area contributed by atoms with E-state index >= 15 is 0 Å². The van der Waals surface area contributed by atoms with E-state index < -0.39 is 5.97 Å². The van der Waals surface area contributed by atoms with Crippen LogP contribution in [0.5, 0.6) is 5.75 Å². The van der Waals surface area contributed by atoms with Gasteiger partial charge >= 0.3 is 12.0 Å². The summed E-state index contributed by atoms with van der Waals surface area (Å²) in [6, 6.07) is 15.6. The Kier molecular flexibility index (Phi) is 6.83. The van der Waals surface area contributed by atoms with Crippen LogP contribution in [-0.4, -0.2) is 28.3 Å². The number of carbonyl (C=O) groups excluding carboxylic acids is 1. The molecule has 2 amide bonds. The Morgan fingerprint density at radius 3 is 2.40 bits per heavy atom. The third kappa shape index (κ3) is 6.95. The maximum atomic E-state index is 12.1. The van der Waals surface area contributed by atoms with Gasteiger partial charge in [-0.1, -0.05) is 42.5 Å². The van der Waals surface area contributed by atoms with Crippen molar-refractivity contribution in [2.75, 3.05) is 0 Å². The van der Waals surface area contributed by atoms with Crippen molar-refractivity contribution in [2.45, 2.75) is 31.8 Å². The quantitative estimate of drug-likeness (QED) is 0.593. The minimum Gasteiger partial charge on any atom is -0.508 e. The van der Waals surface area contributed by atoms with Crippen LogP contribution in [0, 0.1) is 0 Å². The maximum absolute atomic E-state index is 12.1. The van der Waals surface area contributed by atoms with Crippen molar-refractivity contribution in [3.05, 3.63) is 65.7 Å². The van der Waals surface area contributed by atoms with Gasteiger partial charge in [-0.2, -0.15) is 0 Å². The van der Waals surface area contributed by atoms with Crippen LogP contribution in [-0.2, 0) is 17.8 Å². The second-order valence-electron chi connectivity index (χ2n) is 5.82. The van der Waals surface area contributed by atoms with Gasteiger partial charge in [0.1, 0.15) is 5.75 Å². The second kappa shape index (κ2) is 9.32. The van der Waals surface area contributed by atoms with Crippen LogP contribution in [0.3, 0.4) is 0 Å². The summed E-state index contributed by atoms with van der Waals surface area (Å²) < 4.78 is 0. The molecule has 0 saturated carbocycles. The van der Waals surface area contributed by atoms with Crippen LogP contribution in [0.1, 0.15) is 24.0 Å². The Morgan fingerprint density at radius 2 is 1.72 bits per heavy atom. The molecule has 1 unspecified atom stereocenters. The molecule has 132 valence electrons. The van der Waals surface area contributed by atoms with Gasteiger partial charge in [0.15, 0.2) is 0 Å². The third-order valence-corrected chi connectivity index (χ3v) is 3.73. The van der Waals surface area contributed by atoms with E-state index in [1.54, 1.807) is 24.3 Å². The first-order valence-corrected chi connectivity index (χ1v) is 8.11. The molecule has 0 spiro atoms. The number of benzene rings is 2. The van der Waals surface area contributed by atoms with Crippen molar-refractivity contribution in [1.29, 1.82) is 0 Å². The van der Waals surface area contributed by atoms with Crippen LogP contribution >= 0.6 is 0 Å². The Balaban J connectivity index is 1.90. The van der Waals surface area contributed by atoms with E-state index in [1.807, 2.05) is 30.3 Å². The number of nitrogens with one attached hydrogen (secondary N) is 2. The molecule has 2 aromatic carbocycles. The van der Waals surface area contributed by atoms with Gasteiger partial charge in [-0.3, -0.25) is 4.79 Å². The molecule has 0 aliphatic rings. The van der Waals surface area contributed by atoms with E-state index in [0.717, 1.165) is 11.1 Å². The van der Waals surface area contributed by atoms with E-state index in [0.29, 0.717) is 12.8 Å². The predicted molar refractivity (Wildman–Crippen MR) is 94.3 cm³/mol. The minimum absolute atomic E-state index is 0.00959. The first-order chi connectivity index (χ1) is 12.0. The molecule has 1 atom stereocenters. The maximum Gasteiger partial charge on any atom is 0.315 e. The van der Waals surface area contributed by atoms with Gasteiger partial charge in [0.2, 0.25) is 0 Å². The Hall–Kier alpha value is -3.02. The molecular weight excluding hydrogens is 320 g/mol. The van der Waals surface area contributed by atoms with E-state index in [2.05, 4.69) is 10.6 Å². The summed E-state index contributed by atoms with van der Waals surface area (Å²) in [5.41, 5.74) is 1.81. The van der Waals surface area contributed by atoms with Crippen molar-refractivity contribution < 1.29 is 19.8 Å². The van der Waals surface area contributed by atoms with Gasteiger partial charge in [0.05, 0.1) is 0 Å². The van der Waals surface area contributed by atoms with Crippen LogP contribution in [0.4, 0.5) is 4.79 Å². The van der Waals surface area contributed by atoms with Crippen molar-refractivity contribution in [3.8, 4) is 5.75 Å². The largest absolute Gasteiger partial charge is 0.508 e. The topological polar surface area (TPSA) is 98.7 Å². The molecule has 6 heteroatoms. The summed E-state index contributed by atoms with van der Waals surface area (Å²) >= 11 is 0. The molecule has 0 bridgehead atoms. The smallest absolute Gasteiger partial charge is 0.315 e. The van der Waals surface area contributed by atoms with E-state index in [-0.39, 0.29) is 30.8 Å². The highest BCUT2D eigenvalue weighted by Gasteiger charge is 2.14. The molecular formula is C19H22N2O4.